The Bertz CT molecular complexity index is 847. The van der Waals surface area contributed by atoms with Crippen molar-refractivity contribution in [2.75, 3.05) is 13.7 Å². The monoisotopic (exact) mass is 359 g/mol. The maximum absolute atomic E-state index is 13.2. The van der Waals surface area contributed by atoms with Crippen LogP contribution in [0.15, 0.2) is 59.0 Å². The molecule has 1 aromatic heterocycles. The highest BCUT2D eigenvalue weighted by atomic mass is 35.5. The predicted molar refractivity (Wildman–Crippen MR) is 97.5 cm³/mol. The van der Waals surface area contributed by atoms with E-state index in [1.54, 1.807) is 19.2 Å². The van der Waals surface area contributed by atoms with Gasteiger partial charge in [0.15, 0.2) is 0 Å². The third-order valence-corrected chi connectivity index (χ3v) is 4.22. The van der Waals surface area contributed by atoms with Crippen molar-refractivity contribution < 1.29 is 13.5 Å². The van der Waals surface area contributed by atoms with E-state index in [4.69, 9.17) is 20.8 Å². The van der Waals surface area contributed by atoms with Gasteiger partial charge in [0.1, 0.15) is 23.1 Å². The van der Waals surface area contributed by atoms with E-state index in [1.165, 1.54) is 11.6 Å². The summed E-state index contributed by atoms with van der Waals surface area (Å²) in [4.78, 5) is 0. The largest absolute Gasteiger partial charge is 0.496 e. The normalized spacial score (nSPS) is 10.8. The summed E-state index contributed by atoms with van der Waals surface area (Å²) >= 11 is 5.82. The molecule has 0 spiro atoms. The summed E-state index contributed by atoms with van der Waals surface area (Å²) in [7, 11) is 1.68. The van der Waals surface area contributed by atoms with Crippen LogP contribution in [0, 0.1) is 5.82 Å². The smallest absolute Gasteiger partial charge is 0.141 e. The first kappa shape index (κ1) is 17.5. The standard InChI is InChI=1S/C20H19ClFNO2/c1-24-19-5-3-2-4-14(19)10-11-23-13-16-7-9-20(25-16)15-6-8-18(22)17(21)12-15/h2-9,12,23H,10-11,13H2,1H3. The number of ether oxygens (including phenoxy) is 1. The SMILES string of the molecule is COc1ccccc1CCNCc1ccc(-c2ccc(F)c(Cl)c2)o1. The van der Waals surface area contributed by atoms with E-state index in [2.05, 4.69) is 11.4 Å². The molecule has 5 heteroatoms. The number of methoxy groups -OCH3 is 1. The first-order chi connectivity index (χ1) is 12.2. The van der Waals surface area contributed by atoms with E-state index in [9.17, 15) is 4.39 Å². The summed E-state index contributed by atoms with van der Waals surface area (Å²) in [5.74, 6) is 1.95. The molecule has 0 aliphatic heterocycles. The molecule has 1 heterocycles. The molecular formula is C20H19ClFNO2. The first-order valence-corrected chi connectivity index (χ1v) is 8.42. The van der Waals surface area contributed by atoms with Crippen molar-refractivity contribution >= 4 is 11.6 Å². The fourth-order valence-electron chi connectivity index (χ4n) is 2.62. The molecule has 25 heavy (non-hydrogen) atoms. The lowest BCUT2D eigenvalue weighted by atomic mass is 10.1. The van der Waals surface area contributed by atoms with Crippen LogP contribution in [0.25, 0.3) is 11.3 Å². The molecule has 1 N–H and O–H groups in total. The molecule has 130 valence electrons. The van der Waals surface area contributed by atoms with Gasteiger partial charge in [-0.05, 0) is 54.9 Å². The molecule has 0 amide bonds. The van der Waals surface area contributed by atoms with Crippen LogP contribution in [0.2, 0.25) is 5.02 Å². The Balaban J connectivity index is 1.54. The van der Waals surface area contributed by atoms with Gasteiger partial charge in [0.05, 0.1) is 18.7 Å². The number of halogens is 2. The average Bonchev–Trinajstić information content (AvgIpc) is 3.10. The number of para-hydroxylation sites is 1. The molecule has 0 aliphatic carbocycles. The highest BCUT2D eigenvalue weighted by Gasteiger charge is 2.08. The number of nitrogens with one attached hydrogen (secondary N) is 1. The highest BCUT2D eigenvalue weighted by Crippen LogP contribution is 2.26. The van der Waals surface area contributed by atoms with Crippen molar-refractivity contribution in [2.45, 2.75) is 13.0 Å². The van der Waals surface area contributed by atoms with E-state index in [0.29, 0.717) is 12.3 Å². The van der Waals surface area contributed by atoms with E-state index in [1.807, 2.05) is 30.3 Å². The lowest BCUT2D eigenvalue weighted by molar-refractivity contribution is 0.408. The zero-order valence-electron chi connectivity index (χ0n) is 13.9. The van der Waals surface area contributed by atoms with Gasteiger partial charge in [-0.15, -0.1) is 0 Å². The van der Waals surface area contributed by atoms with Crippen LogP contribution in [0.5, 0.6) is 5.75 Å². The number of furan rings is 1. The zero-order chi connectivity index (χ0) is 17.6. The predicted octanol–water partition coefficient (Wildman–Crippen LogP) is 5.08. The Morgan fingerprint density at radius 1 is 1.12 bits per heavy atom. The van der Waals surface area contributed by atoms with E-state index >= 15 is 0 Å². The average molecular weight is 360 g/mol. The third kappa shape index (κ3) is 4.41. The molecule has 0 unspecified atom stereocenters. The summed E-state index contributed by atoms with van der Waals surface area (Å²) in [6, 6.07) is 16.3. The van der Waals surface area contributed by atoms with Crippen molar-refractivity contribution in [3.05, 3.63) is 76.8 Å². The maximum atomic E-state index is 13.2. The molecule has 3 rings (SSSR count). The zero-order valence-corrected chi connectivity index (χ0v) is 14.6. The van der Waals surface area contributed by atoms with Gasteiger partial charge in [-0.1, -0.05) is 29.8 Å². The van der Waals surface area contributed by atoms with Gasteiger partial charge in [0, 0.05) is 5.56 Å². The minimum atomic E-state index is -0.435. The third-order valence-electron chi connectivity index (χ3n) is 3.93. The van der Waals surface area contributed by atoms with E-state index < -0.39 is 5.82 Å². The summed E-state index contributed by atoms with van der Waals surface area (Å²) in [6.45, 7) is 1.42. The summed E-state index contributed by atoms with van der Waals surface area (Å²) in [6.07, 6.45) is 0.866. The molecule has 2 aromatic carbocycles. The molecule has 0 aliphatic rings. The molecule has 0 bridgehead atoms. The Morgan fingerprint density at radius 2 is 1.96 bits per heavy atom. The van der Waals surface area contributed by atoms with Crippen LogP contribution >= 0.6 is 11.6 Å². The Labute approximate surface area is 151 Å². The van der Waals surface area contributed by atoms with E-state index in [-0.39, 0.29) is 5.02 Å². The summed E-state index contributed by atoms with van der Waals surface area (Å²) < 4.78 is 24.4. The molecular weight excluding hydrogens is 341 g/mol. The maximum Gasteiger partial charge on any atom is 0.141 e. The first-order valence-electron chi connectivity index (χ1n) is 8.04. The van der Waals surface area contributed by atoms with Crippen LogP contribution in [0.1, 0.15) is 11.3 Å². The number of rotatable bonds is 7. The molecule has 0 fully saturated rings. The van der Waals surface area contributed by atoms with Gasteiger partial charge in [-0.25, -0.2) is 4.39 Å². The number of hydrogen-bond acceptors (Lipinski definition) is 3. The minimum absolute atomic E-state index is 0.0883. The highest BCUT2D eigenvalue weighted by molar-refractivity contribution is 6.31. The van der Waals surface area contributed by atoms with Gasteiger partial charge in [-0.3, -0.25) is 0 Å². The fourth-order valence-corrected chi connectivity index (χ4v) is 2.80. The number of hydrogen-bond donors (Lipinski definition) is 1. The van der Waals surface area contributed by atoms with Crippen molar-refractivity contribution in [2.24, 2.45) is 0 Å². The van der Waals surface area contributed by atoms with Crippen LogP contribution < -0.4 is 10.1 Å². The van der Waals surface area contributed by atoms with Gasteiger partial charge < -0.3 is 14.5 Å². The van der Waals surface area contributed by atoms with Crippen LogP contribution in [-0.4, -0.2) is 13.7 Å². The van der Waals surface area contributed by atoms with Crippen molar-refractivity contribution in [1.82, 2.24) is 5.32 Å². The molecule has 3 aromatic rings. The topological polar surface area (TPSA) is 34.4 Å². The molecule has 0 atom stereocenters. The Morgan fingerprint density at radius 3 is 2.76 bits per heavy atom. The summed E-state index contributed by atoms with van der Waals surface area (Å²) in [5.41, 5.74) is 1.92. The van der Waals surface area contributed by atoms with Crippen LogP contribution in [0.3, 0.4) is 0 Å². The van der Waals surface area contributed by atoms with Gasteiger partial charge in [0.25, 0.3) is 0 Å². The van der Waals surface area contributed by atoms with Crippen molar-refractivity contribution in [1.29, 1.82) is 0 Å². The quantitative estimate of drug-likeness (QED) is 0.597. The second kappa shape index (κ2) is 8.19. The molecule has 0 saturated heterocycles. The second-order valence-corrected chi connectivity index (χ2v) is 6.04. The van der Waals surface area contributed by atoms with Crippen molar-refractivity contribution in [3.8, 4) is 17.1 Å². The molecule has 3 nitrogen and oxygen atoms in total. The van der Waals surface area contributed by atoms with Crippen LogP contribution in [-0.2, 0) is 13.0 Å². The van der Waals surface area contributed by atoms with Crippen LogP contribution in [0.4, 0.5) is 4.39 Å². The van der Waals surface area contributed by atoms with Gasteiger partial charge in [0.2, 0.25) is 0 Å². The Hall–Kier alpha value is -2.30. The van der Waals surface area contributed by atoms with Gasteiger partial charge in [-0.2, -0.15) is 0 Å². The molecule has 0 saturated carbocycles. The lowest BCUT2D eigenvalue weighted by Crippen LogP contribution is -2.16. The molecule has 0 radical (unpaired) electrons. The summed E-state index contributed by atoms with van der Waals surface area (Å²) in [5, 5.41) is 3.44. The fraction of sp³-hybridized carbons (Fsp3) is 0.200. The lowest BCUT2D eigenvalue weighted by Gasteiger charge is -2.08. The second-order valence-electron chi connectivity index (χ2n) is 5.63. The van der Waals surface area contributed by atoms with E-state index in [0.717, 1.165) is 30.0 Å². The van der Waals surface area contributed by atoms with Crippen molar-refractivity contribution in [3.63, 3.8) is 0 Å². The van der Waals surface area contributed by atoms with Gasteiger partial charge >= 0.3 is 0 Å². The Kier molecular flexibility index (Phi) is 5.74. The number of benzene rings is 2. The minimum Gasteiger partial charge on any atom is -0.496 e.